The van der Waals surface area contributed by atoms with Gasteiger partial charge in [-0.25, -0.2) is 0 Å². The Bertz CT molecular complexity index is 680. The number of rotatable bonds is 26. The zero-order chi connectivity index (χ0) is 28.5. The van der Waals surface area contributed by atoms with Gasteiger partial charge in [0.1, 0.15) is 6.61 Å². The number of ether oxygens (including phenoxy) is 2. The van der Waals surface area contributed by atoms with Crippen molar-refractivity contribution in [2.45, 2.75) is 136 Å². The Morgan fingerprint density at radius 2 is 1.15 bits per heavy atom. The summed E-state index contributed by atoms with van der Waals surface area (Å²) >= 11 is 0. The number of carbonyl (C=O) groups excluding carboxylic acids is 3. The quantitative estimate of drug-likeness (QED) is 0.0533. The largest absolute Gasteiger partial charge is 1.00 e. The Kier molecular flexibility index (Phi) is 34.8. The van der Waals surface area contributed by atoms with Gasteiger partial charge in [0.15, 0.2) is 6.10 Å². The summed E-state index contributed by atoms with van der Waals surface area (Å²) in [4.78, 5) is 56.4. The minimum absolute atomic E-state index is 0. The van der Waals surface area contributed by atoms with Gasteiger partial charge in [-0.3, -0.25) is 14.4 Å². The first-order chi connectivity index (χ1) is 18.1. The normalized spacial score (nSPS) is 11.6. The maximum atomic E-state index is 12.0. The van der Waals surface area contributed by atoms with Crippen molar-refractivity contribution in [2.75, 3.05) is 19.8 Å². The molecule has 0 unspecified atom stereocenters. The molecule has 224 valence electrons. The second-order valence-electron chi connectivity index (χ2n) is 9.82. The first-order valence-corrected chi connectivity index (χ1v) is 15.9. The molecule has 0 saturated carbocycles. The summed E-state index contributed by atoms with van der Waals surface area (Å²) in [6.07, 6.45) is 15.9. The predicted octanol–water partition coefficient (Wildman–Crippen LogP) is -1.53. The fourth-order valence-electron chi connectivity index (χ4n) is 3.92. The third kappa shape index (κ3) is 34.7. The van der Waals surface area contributed by atoms with Crippen molar-refractivity contribution in [3.05, 3.63) is 0 Å². The Morgan fingerprint density at radius 3 is 1.62 bits per heavy atom. The Hall–Kier alpha value is 0.520. The molecule has 0 aromatic carbocycles. The molecule has 13 heteroatoms. The molecule has 1 atom stereocenters. The number of carbonyl (C=O) groups is 3. The van der Waals surface area contributed by atoms with Crippen LogP contribution in [-0.4, -0.2) is 43.7 Å². The van der Waals surface area contributed by atoms with Gasteiger partial charge in [0.25, 0.3) is 0 Å². The van der Waals surface area contributed by atoms with E-state index >= 15 is 0 Å². The van der Waals surface area contributed by atoms with Gasteiger partial charge in [0.05, 0.1) is 14.4 Å². The Balaban J connectivity index is -0.00000684. The number of amides is 1. The SMILES string of the molecule is CCCCCCCC(=O)O[C@@H](COC(=O)CCCCCCCCCCCCCNC(C)=O)COP(=O)([O-])[O-].[Na+].[Na+]. The molecule has 10 nitrogen and oxygen atoms in total. The van der Waals surface area contributed by atoms with Gasteiger partial charge in [-0.2, -0.15) is 0 Å². The van der Waals surface area contributed by atoms with Gasteiger partial charge < -0.3 is 33.7 Å². The molecule has 1 N–H and O–H groups in total. The summed E-state index contributed by atoms with van der Waals surface area (Å²) in [5.41, 5.74) is 0. The van der Waals surface area contributed by atoms with Crippen molar-refractivity contribution in [3.8, 4) is 0 Å². The van der Waals surface area contributed by atoms with Crippen LogP contribution in [0.3, 0.4) is 0 Å². The summed E-state index contributed by atoms with van der Waals surface area (Å²) in [5, 5.41) is 2.81. The van der Waals surface area contributed by atoms with Crippen LogP contribution in [0.25, 0.3) is 0 Å². The van der Waals surface area contributed by atoms with E-state index in [1.54, 1.807) is 0 Å². The molecule has 0 rings (SSSR count). The van der Waals surface area contributed by atoms with E-state index < -0.39 is 32.5 Å². The molecule has 0 fully saturated rings. The topological polar surface area (TPSA) is 154 Å². The molecule has 0 aliphatic heterocycles. The van der Waals surface area contributed by atoms with E-state index in [2.05, 4.69) is 16.8 Å². The predicted molar refractivity (Wildman–Crippen MR) is 142 cm³/mol. The number of unbranched alkanes of at least 4 members (excludes halogenated alkanes) is 14. The molecule has 0 bridgehead atoms. The first kappa shape index (κ1) is 45.0. The molecule has 0 aliphatic rings. The first-order valence-electron chi connectivity index (χ1n) is 14.4. The summed E-state index contributed by atoms with van der Waals surface area (Å²) < 4.78 is 25.3. The maximum absolute atomic E-state index is 12.0. The third-order valence-corrected chi connectivity index (χ3v) is 6.53. The van der Waals surface area contributed by atoms with Gasteiger partial charge in [-0.15, -0.1) is 0 Å². The number of esters is 2. The zero-order valence-electron chi connectivity index (χ0n) is 25.5. The van der Waals surface area contributed by atoms with Crippen molar-refractivity contribution >= 4 is 25.7 Å². The van der Waals surface area contributed by atoms with Crippen molar-refractivity contribution in [3.63, 3.8) is 0 Å². The van der Waals surface area contributed by atoms with E-state index in [0.29, 0.717) is 12.8 Å². The number of hydrogen-bond acceptors (Lipinski definition) is 9. The number of hydrogen-bond donors (Lipinski definition) is 1. The molecule has 0 saturated heterocycles. The molecule has 0 spiro atoms. The van der Waals surface area contributed by atoms with E-state index in [9.17, 15) is 28.7 Å². The third-order valence-electron chi connectivity index (χ3n) is 6.06. The van der Waals surface area contributed by atoms with Crippen LogP contribution in [0.5, 0.6) is 0 Å². The summed E-state index contributed by atoms with van der Waals surface area (Å²) in [7, 11) is -5.24. The fourth-order valence-corrected chi connectivity index (χ4v) is 4.26. The van der Waals surface area contributed by atoms with Gasteiger partial charge in [0, 0.05) is 26.3 Å². The average molecular weight is 610 g/mol. The second-order valence-corrected chi connectivity index (χ2v) is 11.0. The van der Waals surface area contributed by atoms with Crippen molar-refractivity contribution in [2.24, 2.45) is 0 Å². The molecule has 0 heterocycles. The monoisotopic (exact) mass is 609 g/mol. The van der Waals surface area contributed by atoms with Crippen LogP contribution < -0.4 is 74.2 Å². The van der Waals surface area contributed by atoms with E-state index in [1.807, 2.05) is 0 Å². The molecule has 1 amide bonds. The van der Waals surface area contributed by atoms with Gasteiger partial charge >= 0.3 is 71.1 Å². The van der Waals surface area contributed by atoms with E-state index in [-0.39, 0.29) is 84.5 Å². The van der Waals surface area contributed by atoms with E-state index in [1.165, 1.54) is 39.0 Å². The van der Waals surface area contributed by atoms with Crippen LogP contribution in [0, 0.1) is 0 Å². The van der Waals surface area contributed by atoms with Crippen LogP contribution in [0.15, 0.2) is 0 Å². The summed E-state index contributed by atoms with van der Waals surface area (Å²) in [6, 6.07) is 0. The van der Waals surface area contributed by atoms with Crippen LogP contribution >= 0.6 is 7.82 Å². The van der Waals surface area contributed by atoms with Crippen LogP contribution in [0.2, 0.25) is 0 Å². The molecule has 0 aromatic heterocycles. The molecular weight excluding hydrogens is 559 g/mol. The van der Waals surface area contributed by atoms with Gasteiger partial charge in [-0.1, -0.05) is 90.4 Å². The van der Waals surface area contributed by atoms with E-state index in [0.717, 1.165) is 64.3 Å². The number of phosphoric acid groups is 1. The van der Waals surface area contributed by atoms with Crippen molar-refractivity contribution in [1.29, 1.82) is 0 Å². The minimum atomic E-state index is -5.24. The maximum Gasteiger partial charge on any atom is 1.00 e. The zero-order valence-corrected chi connectivity index (χ0v) is 30.4. The van der Waals surface area contributed by atoms with Crippen LogP contribution in [0.1, 0.15) is 129 Å². The van der Waals surface area contributed by atoms with Crippen LogP contribution in [0.4, 0.5) is 0 Å². The summed E-state index contributed by atoms with van der Waals surface area (Å²) in [5.74, 6) is -0.977. The van der Waals surface area contributed by atoms with Crippen molar-refractivity contribution in [1.82, 2.24) is 5.32 Å². The van der Waals surface area contributed by atoms with Gasteiger partial charge in [0.2, 0.25) is 5.91 Å². The molecule has 0 aromatic rings. The second kappa shape index (κ2) is 31.0. The Morgan fingerprint density at radius 1 is 0.700 bits per heavy atom. The fraction of sp³-hybridized carbons (Fsp3) is 0.889. The molecule has 0 aliphatic carbocycles. The van der Waals surface area contributed by atoms with Crippen LogP contribution in [-0.2, 0) is 32.9 Å². The number of nitrogens with one attached hydrogen (secondary N) is 1. The molecule has 40 heavy (non-hydrogen) atoms. The Labute approximate surface area is 286 Å². The molecular formula is C27H50NNa2O9P. The molecule has 0 radical (unpaired) electrons. The minimum Gasteiger partial charge on any atom is -0.790 e. The van der Waals surface area contributed by atoms with E-state index in [4.69, 9.17) is 9.47 Å². The van der Waals surface area contributed by atoms with Crippen molar-refractivity contribution < 1.29 is 102 Å². The van der Waals surface area contributed by atoms with Gasteiger partial charge in [-0.05, 0) is 19.3 Å². The number of phosphoric ester groups is 1. The smallest absolute Gasteiger partial charge is 0.790 e. The standard InChI is InChI=1S/C27H52NO9P.2Na/c1-3-4-5-13-17-20-27(31)37-25(23-36-38(32,33)34)22-35-26(30)19-16-14-11-9-7-6-8-10-12-15-18-21-28-24(2)29;;/h25H,3-23H2,1-2H3,(H,28,29)(H2,32,33,34);;/q;2*+1/p-2/t25-;;/m0../s1. The average Bonchev–Trinajstić information content (AvgIpc) is 2.85. The summed E-state index contributed by atoms with van der Waals surface area (Å²) in [6.45, 7) is 3.37.